The summed E-state index contributed by atoms with van der Waals surface area (Å²) in [4.78, 5) is 15.4. The van der Waals surface area contributed by atoms with Crippen LogP contribution in [0.25, 0.3) is 32.9 Å². The van der Waals surface area contributed by atoms with Gasteiger partial charge in [0.25, 0.3) is 0 Å². The minimum Gasteiger partial charge on any atom is -0.494 e. The highest BCUT2D eigenvalue weighted by Crippen LogP contribution is 2.48. The van der Waals surface area contributed by atoms with E-state index < -0.39 is 0 Å². The van der Waals surface area contributed by atoms with Crippen LogP contribution in [0.4, 0.5) is 5.82 Å². The molecule has 204 valence electrons. The molecule has 39 heavy (non-hydrogen) atoms. The van der Waals surface area contributed by atoms with Crippen LogP contribution in [0, 0.1) is 12.3 Å². The Bertz CT molecular complexity index is 1540. The molecule has 0 atom stereocenters. The number of anilines is 1. The molecular formula is C30H36ClN7O. The van der Waals surface area contributed by atoms with Gasteiger partial charge in [-0.1, -0.05) is 17.7 Å². The Morgan fingerprint density at radius 1 is 1.03 bits per heavy atom. The van der Waals surface area contributed by atoms with E-state index in [0.29, 0.717) is 22.1 Å². The van der Waals surface area contributed by atoms with Gasteiger partial charge in [-0.25, -0.2) is 9.97 Å². The number of nitrogens with one attached hydrogen (secondary N) is 2. The lowest BCUT2D eigenvalue weighted by molar-refractivity contribution is 0.126. The number of H-pyrrole nitrogens is 1. The predicted octanol–water partition coefficient (Wildman–Crippen LogP) is 5.14. The highest BCUT2D eigenvalue weighted by Gasteiger charge is 2.40. The number of ether oxygens (including phenoxy) is 1. The quantitative estimate of drug-likeness (QED) is 0.367. The number of nitrogens with zero attached hydrogens (tertiary/aromatic N) is 5. The predicted molar refractivity (Wildman–Crippen MR) is 157 cm³/mol. The van der Waals surface area contributed by atoms with Crippen molar-refractivity contribution in [2.24, 2.45) is 5.41 Å². The Labute approximate surface area is 234 Å². The molecule has 4 aromatic rings. The normalized spacial score (nSPS) is 20.2. The third kappa shape index (κ3) is 4.15. The van der Waals surface area contributed by atoms with Crippen molar-refractivity contribution in [2.45, 2.75) is 38.5 Å². The molecule has 2 N–H and O–H groups in total. The maximum absolute atomic E-state index is 7.15. The number of aromatic nitrogens is 4. The molecule has 3 aliphatic heterocycles. The highest BCUT2D eigenvalue weighted by atomic mass is 35.5. The van der Waals surface area contributed by atoms with Gasteiger partial charge in [-0.2, -0.15) is 5.10 Å². The number of aromatic amines is 1. The topological polar surface area (TPSA) is 82.2 Å². The number of aryl methyl sites for hydroxylation is 1. The van der Waals surface area contributed by atoms with E-state index in [9.17, 15) is 0 Å². The number of benzene rings is 2. The maximum atomic E-state index is 7.15. The fourth-order valence-electron chi connectivity index (χ4n) is 6.81. The zero-order valence-electron chi connectivity index (χ0n) is 23.0. The Hall–Kier alpha value is -2.94. The van der Waals surface area contributed by atoms with Crippen LogP contribution in [0.3, 0.4) is 0 Å². The van der Waals surface area contributed by atoms with Crippen LogP contribution in [0.2, 0.25) is 5.02 Å². The van der Waals surface area contributed by atoms with Crippen LogP contribution >= 0.6 is 11.6 Å². The maximum Gasteiger partial charge on any atom is 0.154 e. The molecule has 0 saturated carbocycles. The number of fused-ring (bicyclic) bond motifs is 2. The summed E-state index contributed by atoms with van der Waals surface area (Å²) in [6, 6.07) is 6.22. The zero-order chi connectivity index (χ0) is 26.7. The van der Waals surface area contributed by atoms with Crippen molar-refractivity contribution >= 4 is 39.2 Å². The Morgan fingerprint density at radius 2 is 1.79 bits per heavy atom. The molecule has 0 bridgehead atoms. The van der Waals surface area contributed by atoms with Gasteiger partial charge >= 0.3 is 0 Å². The summed E-state index contributed by atoms with van der Waals surface area (Å²) in [7, 11) is 3.92. The van der Waals surface area contributed by atoms with Gasteiger partial charge in [0.15, 0.2) is 5.75 Å². The van der Waals surface area contributed by atoms with E-state index in [4.69, 9.17) is 26.3 Å². The summed E-state index contributed by atoms with van der Waals surface area (Å²) in [6.07, 6.45) is 6.35. The summed E-state index contributed by atoms with van der Waals surface area (Å²) < 4.78 is 6.20. The fraction of sp³-hybridized carbons (Fsp3) is 0.500. The summed E-state index contributed by atoms with van der Waals surface area (Å²) in [5.41, 5.74) is 5.29. The largest absolute Gasteiger partial charge is 0.494 e. The van der Waals surface area contributed by atoms with Crippen molar-refractivity contribution in [3.05, 3.63) is 40.8 Å². The smallest absolute Gasteiger partial charge is 0.154 e. The first-order valence-corrected chi connectivity index (χ1v) is 14.5. The van der Waals surface area contributed by atoms with E-state index in [1.165, 1.54) is 12.8 Å². The molecule has 2 aromatic carbocycles. The Kier molecular flexibility index (Phi) is 6.17. The molecule has 1 spiro atoms. The first-order valence-electron chi connectivity index (χ1n) is 14.1. The second kappa shape index (κ2) is 9.61. The number of likely N-dealkylation sites (tertiary alicyclic amines) is 1. The molecular weight excluding hydrogens is 510 g/mol. The van der Waals surface area contributed by atoms with Gasteiger partial charge in [0.05, 0.1) is 23.8 Å². The summed E-state index contributed by atoms with van der Waals surface area (Å²) >= 11 is 7.15. The number of piperidine rings is 2. The first-order chi connectivity index (χ1) is 19.0. The van der Waals surface area contributed by atoms with Crippen molar-refractivity contribution in [1.82, 2.24) is 30.4 Å². The van der Waals surface area contributed by atoms with Gasteiger partial charge in [0.1, 0.15) is 17.2 Å². The molecule has 3 saturated heterocycles. The average Bonchev–Trinajstić information content (AvgIpc) is 3.41. The number of hydrogen-bond donors (Lipinski definition) is 2. The molecule has 9 heteroatoms. The van der Waals surface area contributed by atoms with Crippen molar-refractivity contribution < 1.29 is 4.74 Å². The molecule has 0 radical (unpaired) electrons. The van der Waals surface area contributed by atoms with E-state index in [1.807, 2.05) is 6.20 Å². The molecule has 0 unspecified atom stereocenters. The molecule has 3 fully saturated rings. The van der Waals surface area contributed by atoms with Crippen LogP contribution in [0.15, 0.2) is 24.4 Å². The number of halogens is 1. The van der Waals surface area contributed by atoms with Crippen LogP contribution in [-0.2, 0) is 0 Å². The number of methoxy groups -OCH3 is 1. The van der Waals surface area contributed by atoms with Crippen LogP contribution < -0.4 is 15.0 Å². The first kappa shape index (κ1) is 25.1. The standard InChI is InChI=1S/C30H36ClN7O/c1-18-4-5-23-21(15-33-36-23)24(18)25-22(31)14-20-26(27(25)39-3)34-28(19-6-10-37(2)11-7-19)35-29(20)38-12-8-30(9-13-38)16-32-17-30/h4-5,14-15,19,32H,6-13,16-17H2,1-3H3,(H,33,36). The highest BCUT2D eigenvalue weighted by molar-refractivity contribution is 6.35. The van der Waals surface area contributed by atoms with E-state index in [-0.39, 0.29) is 0 Å². The zero-order valence-corrected chi connectivity index (χ0v) is 23.7. The summed E-state index contributed by atoms with van der Waals surface area (Å²) in [5, 5.41) is 13.5. The average molecular weight is 546 g/mol. The van der Waals surface area contributed by atoms with Gasteiger partial charge in [-0.15, -0.1) is 0 Å². The minimum absolute atomic E-state index is 0.333. The Balaban J connectivity index is 1.43. The van der Waals surface area contributed by atoms with E-state index in [2.05, 4.69) is 57.5 Å². The van der Waals surface area contributed by atoms with Crippen molar-refractivity contribution in [3.8, 4) is 16.9 Å². The van der Waals surface area contributed by atoms with Gasteiger partial charge in [-0.05, 0) is 75.9 Å². The lowest BCUT2D eigenvalue weighted by Crippen LogP contribution is -2.58. The van der Waals surface area contributed by atoms with Crippen molar-refractivity contribution in [1.29, 1.82) is 0 Å². The van der Waals surface area contributed by atoms with Gasteiger partial charge in [0.2, 0.25) is 0 Å². The summed E-state index contributed by atoms with van der Waals surface area (Å²) in [5.74, 6) is 2.98. The second-order valence-electron chi connectivity index (χ2n) is 11.8. The molecule has 3 aliphatic rings. The molecule has 0 amide bonds. The van der Waals surface area contributed by atoms with Crippen LogP contribution in [-0.4, -0.2) is 78.5 Å². The number of hydrogen-bond acceptors (Lipinski definition) is 7. The lowest BCUT2D eigenvalue weighted by atomic mass is 9.73. The third-order valence-corrected chi connectivity index (χ3v) is 9.69. The van der Waals surface area contributed by atoms with Gasteiger partial charge < -0.3 is 19.9 Å². The minimum atomic E-state index is 0.333. The van der Waals surface area contributed by atoms with E-state index in [1.54, 1.807) is 7.11 Å². The molecule has 0 aliphatic carbocycles. The van der Waals surface area contributed by atoms with E-state index >= 15 is 0 Å². The molecule has 8 nitrogen and oxygen atoms in total. The van der Waals surface area contributed by atoms with Crippen LogP contribution in [0.1, 0.15) is 43.0 Å². The Morgan fingerprint density at radius 3 is 2.49 bits per heavy atom. The van der Waals surface area contributed by atoms with Crippen molar-refractivity contribution in [2.75, 3.05) is 58.3 Å². The van der Waals surface area contributed by atoms with E-state index in [0.717, 1.165) is 102 Å². The SMILES string of the molecule is COc1c(-c2c(C)ccc3[nH]ncc23)c(Cl)cc2c(N3CCC4(CC3)CNC4)nc(C3CCN(C)CC3)nc12. The fourth-order valence-corrected chi connectivity index (χ4v) is 7.10. The van der Waals surface area contributed by atoms with Crippen molar-refractivity contribution in [3.63, 3.8) is 0 Å². The molecule has 7 rings (SSSR count). The molecule has 5 heterocycles. The second-order valence-corrected chi connectivity index (χ2v) is 12.2. The van der Waals surface area contributed by atoms with Gasteiger partial charge in [0, 0.05) is 54.0 Å². The third-order valence-electron chi connectivity index (χ3n) is 9.39. The number of rotatable bonds is 4. The lowest BCUT2D eigenvalue weighted by Gasteiger charge is -2.48. The monoisotopic (exact) mass is 545 g/mol. The summed E-state index contributed by atoms with van der Waals surface area (Å²) in [6.45, 7) is 8.49. The molecule has 2 aromatic heterocycles. The van der Waals surface area contributed by atoms with Gasteiger partial charge in [-0.3, -0.25) is 5.10 Å². The van der Waals surface area contributed by atoms with Crippen LogP contribution in [0.5, 0.6) is 5.75 Å².